The van der Waals surface area contributed by atoms with Gasteiger partial charge < -0.3 is 68.9 Å². The monoisotopic (exact) mass is 1390 g/mol. The SMILES string of the molecule is CC1Cc2ccc3ccccc3c2/C1=C1/C2=C(C=C[C@@H](C#CCCn3cc(C(=O)N[C@@H](CO)C(=O)N[C@@H](CC(N)=O)C(=O)N[C@H](C(=O)N[C@@H](CCCNC(=N)N)C(=O)N[C@H](C(=O)N[C@@H](C)C(=O)N4CCC[C@H]4C(=O)O)C(C)C)[C@@H](C)O)nn3)C2)SC2=C1CC[C@@H](C#CCCN=[N+]=[N-])[C@@H](C)C2. The number of carbonyl (C=O) groups is 9. The highest BCUT2D eigenvalue weighted by Crippen LogP contribution is 2.56. The maximum atomic E-state index is 14.0. The second-order valence-electron chi connectivity index (χ2n) is 26.2. The summed E-state index contributed by atoms with van der Waals surface area (Å²) in [5.74, 6) is 4.20. The molecule has 5 aliphatic rings. The molecule has 8 rings (SSSR count). The number of likely N-dealkylation sites (tertiary alicyclic amines) is 1. The number of allylic oxidation sites excluding steroid dienone is 7. The molecule has 1 fully saturated rings. The summed E-state index contributed by atoms with van der Waals surface area (Å²) in [5.41, 5.74) is 27.6. The van der Waals surface area contributed by atoms with Crippen molar-refractivity contribution >= 4 is 87.3 Å². The number of hydrogen-bond donors (Lipinski definition) is 13. The lowest BCUT2D eigenvalue weighted by Crippen LogP contribution is -2.62. The second kappa shape index (κ2) is 35.2. The maximum absolute atomic E-state index is 14.0. The van der Waals surface area contributed by atoms with Gasteiger partial charge in [-0.05, 0) is 144 Å². The number of aromatic nitrogens is 3. The van der Waals surface area contributed by atoms with Crippen molar-refractivity contribution in [3.8, 4) is 23.7 Å². The highest BCUT2D eigenvalue weighted by atomic mass is 32.2. The number of primary amides is 1. The number of carboxylic acid groups (broad SMARTS) is 1. The van der Waals surface area contributed by atoms with Crippen LogP contribution in [-0.2, 0) is 51.3 Å². The van der Waals surface area contributed by atoms with Gasteiger partial charge in [0.05, 0.1) is 31.9 Å². The van der Waals surface area contributed by atoms with Gasteiger partial charge in [0.2, 0.25) is 41.4 Å². The van der Waals surface area contributed by atoms with Crippen LogP contribution in [0.3, 0.4) is 0 Å². The number of carbonyl (C=O) groups excluding carboxylic acids is 8. The molecule has 8 amide bonds. The number of rotatable bonds is 27. The predicted molar refractivity (Wildman–Crippen MR) is 373 cm³/mol. The van der Waals surface area contributed by atoms with Gasteiger partial charge in [0.1, 0.15) is 42.3 Å². The molecule has 0 spiro atoms. The molecule has 12 atom stereocenters. The van der Waals surface area contributed by atoms with Crippen LogP contribution in [0.1, 0.15) is 134 Å². The number of nitrogens with one attached hydrogen (secondary N) is 8. The van der Waals surface area contributed by atoms with E-state index in [-0.39, 0.29) is 68.3 Å². The van der Waals surface area contributed by atoms with Crippen molar-refractivity contribution in [1.82, 2.24) is 57.1 Å². The molecule has 1 aromatic heterocycles. The van der Waals surface area contributed by atoms with E-state index < -0.39 is 121 Å². The first-order chi connectivity index (χ1) is 47.8. The lowest BCUT2D eigenvalue weighted by atomic mass is 9.79. The summed E-state index contributed by atoms with van der Waals surface area (Å²) in [7, 11) is 0. The zero-order valence-electron chi connectivity index (χ0n) is 56.9. The molecule has 2 aliphatic heterocycles. The Morgan fingerprint density at radius 1 is 0.840 bits per heavy atom. The number of thioether (sulfide) groups is 1. The fourth-order valence-electron chi connectivity index (χ4n) is 13.2. The van der Waals surface area contributed by atoms with Crippen LogP contribution in [0.4, 0.5) is 0 Å². The van der Waals surface area contributed by atoms with Gasteiger partial charge in [-0.3, -0.25) is 48.4 Å². The van der Waals surface area contributed by atoms with Gasteiger partial charge in [-0.15, -0.1) is 16.9 Å². The summed E-state index contributed by atoms with van der Waals surface area (Å²) in [6, 6.07) is 2.56. The van der Waals surface area contributed by atoms with Gasteiger partial charge in [-0.1, -0.05) is 110 Å². The molecular weight excluding hydrogens is 1300 g/mol. The van der Waals surface area contributed by atoms with E-state index in [0.29, 0.717) is 38.1 Å². The van der Waals surface area contributed by atoms with Crippen molar-refractivity contribution in [3.05, 3.63) is 109 Å². The first kappa shape index (κ1) is 75.8. The lowest BCUT2D eigenvalue weighted by Gasteiger charge is -2.32. The summed E-state index contributed by atoms with van der Waals surface area (Å²) < 4.78 is 1.41. The number of benzene rings is 2. The first-order valence-corrected chi connectivity index (χ1v) is 34.6. The second-order valence-corrected chi connectivity index (χ2v) is 27.4. The highest BCUT2D eigenvalue weighted by Gasteiger charge is 2.41. The standard InChI is InChI=1S/C70H89N17O12S/c1-37(2)60(66(95)77-40(5)68(97)87-30-14-20-53(87)69(98)99)81-62(91)49(19-13-27-75-70(72)73)78-67(96)61(41(6)89)82-63(92)50(34-56(71)90)79-65(94)52(36-88)80-64(93)51-35-86(85-83-51)29-12-10-15-42-21-26-54-48(33-42)59(57-39(4)31-45-23-22-44-17-7-8-18-46(44)58(45)57)47-25-24-43(16-9-11-28-76-84-74)38(3)32-55(47)100-54/h7-8,17-18,21-23,26,35,37-43,49-50,52-53,60-61,88-89H,11-14,19-20,24-25,27-34,36H2,1-6H3,(H2,71,90)(H,77,95)(H,78,96)(H,79,94)(H,80,93)(H,81,91)(H,82,92)(H,98,99)(H4,72,73,75)/b59-57+/t38-,39?,40-,41+,42+,43+,49-,50-,52-,53-,60-,61-/m0/s1. The molecule has 0 bridgehead atoms. The van der Waals surface area contributed by atoms with Gasteiger partial charge in [0.15, 0.2) is 11.7 Å². The van der Waals surface area contributed by atoms with E-state index >= 15 is 0 Å². The Hall–Kier alpha value is -10.0. The molecule has 100 heavy (non-hydrogen) atoms. The molecule has 1 unspecified atom stereocenters. The van der Waals surface area contributed by atoms with Crippen LogP contribution in [0.5, 0.6) is 0 Å². The topological polar surface area (TPSA) is 457 Å². The number of carboxylic acids is 1. The Labute approximate surface area is 583 Å². The summed E-state index contributed by atoms with van der Waals surface area (Å²) >= 11 is 1.87. The third-order valence-electron chi connectivity index (χ3n) is 18.4. The summed E-state index contributed by atoms with van der Waals surface area (Å²) in [4.78, 5) is 127. The largest absolute Gasteiger partial charge is 0.480 e. The molecule has 3 aromatic rings. The van der Waals surface area contributed by atoms with E-state index in [9.17, 15) is 58.5 Å². The summed E-state index contributed by atoms with van der Waals surface area (Å²) in [6.07, 6.45) is 8.96. The van der Waals surface area contributed by atoms with Gasteiger partial charge in [0.25, 0.3) is 5.91 Å². The fraction of sp³-hybridized carbons (Fsp3) is 0.514. The average Bonchev–Trinajstić information content (AvgIpc) is 1.47. The normalized spacial score (nSPS) is 21.2. The number of nitrogens with two attached hydrogens (primary N) is 2. The zero-order chi connectivity index (χ0) is 72.5. The van der Waals surface area contributed by atoms with Crippen molar-refractivity contribution in [2.75, 3.05) is 26.2 Å². The van der Waals surface area contributed by atoms with E-state index in [1.165, 1.54) is 71.8 Å². The molecule has 29 nitrogen and oxygen atoms in total. The molecule has 30 heteroatoms. The van der Waals surface area contributed by atoms with E-state index in [2.05, 4.69) is 144 Å². The third-order valence-corrected chi connectivity index (χ3v) is 19.6. The Bertz CT molecular complexity index is 3980. The number of azide groups is 1. The molecule has 532 valence electrons. The smallest absolute Gasteiger partial charge is 0.326 e. The Morgan fingerprint density at radius 3 is 2.26 bits per heavy atom. The van der Waals surface area contributed by atoms with E-state index in [4.69, 9.17) is 22.4 Å². The third kappa shape index (κ3) is 19.3. The summed E-state index contributed by atoms with van der Waals surface area (Å²) in [5, 5.41) is 69.5. The molecule has 0 saturated carbocycles. The first-order valence-electron chi connectivity index (χ1n) is 33.7. The predicted octanol–water partition coefficient (Wildman–Crippen LogP) is 3.23. The summed E-state index contributed by atoms with van der Waals surface area (Å²) in [6.45, 7) is 10.1. The minimum atomic E-state index is -1.88. The number of guanidine groups is 1. The Kier molecular flexibility index (Phi) is 26.6. The van der Waals surface area contributed by atoms with Crippen molar-refractivity contribution in [2.45, 2.75) is 174 Å². The van der Waals surface area contributed by atoms with Crippen LogP contribution in [0.15, 0.2) is 86.4 Å². The van der Waals surface area contributed by atoms with Crippen molar-refractivity contribution in [2.24, 2.45) is 46.2 Å². The minimum Gasteiger partial charge on any atom is -0.480 e. The molecule has 2 aromatic carbocycles. The van der Waals surface area contributed by atoms with Crippen LogP contribution >= 0.6 is 11.8 Å². The van der Waals surface area contributed by atoms with Crippen LogP contribution in [0.2, 0.25) is 0 Å². The van der Waals surface area contributed by atoms with Gasteiger partial charge in [0, 0.05) is 54.1 Å². The van der Waals surface area contributed by atoms with E-state index in [1.54, 1.807) is 13.8 Å². The Balaban J connectivity index is 0.887. The molecular formula is C70H89N17O12S. The van der Waals surface area contributed by atoms with Crippen LogP contribution in [0.25, 0.3) is 26.8 Å². The number of aryl methyl sites for hydroxylation is 1. The molecule has 0 radical (unpaired) electrons. The van der Waals surface area contributed by atoms with E-state index in [1.807, 2.05) is 11.8 Å². The Morgan fingerprint density at radius 2 is 1.55 bits per heavy atom. The van der Waals surface area contributed by atoms with Crippen LogP contribution < -0.4 is 48.7 Å². The number of fused-ring (bicyclic) bond motifs is 3. The van der Waals surface area contributed by atoms with Gasteiger partial charge in [-0.2, -0.15) is 0 Å². The molecule has 3 heterocycles. The van der Waals surface area contributed by atoms with Crippen molar-refractivity contribution in [1.29, 1.82) is 5.41 Å². The number of aliphatic carboxylic acids is 1. The number of amides is 8. The number of aliphatic hydroxyl groups excluding tert-OH is 2. The fourth-order valence-corrected chi connectivity index (χ4v) is 14.6. The van der Waals surface area contributed by atoms with Crippen molar-refractivity contribution < 1.29 is 58.5 Å². The average molecular weight is 1390 g/mol. The molecule has 15 N–H and O–H groups in total. The zero-order valence-corrected chi connectivity index (χ0v) is 57.7. The number of hydrogen-bond acceptors (Lipinski definition) is 16. The molecule has 3 aliphatic carbocycles. The minimum absolute atomic E-state index is 0.0468. The van der Waals surface area contributed by atoms with Crippen molar-refractivity contribution in [3.63, 3.8) is 0 Å². The van der Waals surface area contributed by atoms with Gasteiger partial charge in [-0.25, -0.2) is 4.79 Å². The van der Waals surface area contributed by atoms with Crippen LogP contribution in [-0.4, -0.2) is 169 Å². The number of nitrogens with zero attached hydrogens (tertiary/aromatic N) is 7. The van der Waals surface area contributed by atoms with E-state index in [0.717, 1.165) is 37.5 Å². The quantitative estimate of drug-likeness (QED) is 0.00991. The van der Waals surface area contributed by atoms with Gasteiger partial charge >= 0.3 is 5.97 Å². The van der Waals surface area contributed by atoms with Crippen LogP contribution in [0, 0.1) is 58.7 Å². The molecule has 1 saturated heterocycles. The lowest BCUT2D eigenvalue weighted by molar-refractivity contribution is -0.149. The maximum Gasteiger partial charge on any atom is 0.326 e. The number of aliphatic hydroxyl groups is 2. The highest BCUT2D eigenvalue weighted by molar-refractivity contribution is 8.07.